The number of ether oxygens (including phenoxy) is 1. The number of hydrogen-bond donors (Lipinski definition) is 2. The lowest BCUT2D eigenvalue weighted by molar-refractivity contribution is -0.139. The van der Waals surface area contributed by atoms with Gasteiger partial charge in [-0.15, -0.1) is 0 Å². The standard InChI is InChI=1S/C22H20N2O3/c1-2-14-8-9-18-17(10-14)21(27-16-11-20(22(25)26)23-13-16)12-19(24-18)15-6-4-3-5-7-15/h2-10,12,16,20,23H,1,11,13H2,(H,25,26)/t16-,20+/m1/s1. The second-order valence-electron chi connectivity index (χ2n) is 6.63. The molecule has 2 aromatic carbocycles. The Morgan fingerprint density at radius 1 is 1.22 bits per heavy atom. The number of nitrogens with one attached hydrogen (secondary N) is 1. The molecule has 0 aliphatic carbocycles. The minimum Gasteiger partial charge on any atom is -0.488 e. The highest BCUT2D eigenvalue weighted by Gasteiger charge is 2.30. The topological polar surface area (TPSA) is 71.5 Å². The van der Waals surface area contributed by atoms with Crippen LogP contribution in [0.25, 0.3) is 28.2 Å². The molecule has 0 radical (unpaired) electrons. The van der Waals surface area contributed by atoms with Crippen molar-refractivity contribution >= 4 is 22.9 Å². The number of carbonyl (C=O) groups is 1. The van der Waals surface area contributed by atoms with E-state index in [1.54, 1.807) is 6.08 Å². The summed E-state index contributed by atoms with van der Waals surface area (Å²) < 4.78 is 6.23. The van der Waals surface area contributed by atoms with Crippen molar-refractivity contribution in [1.82, 2.24) is 10.3 Å². The smallest absolute Gasteiger partial charge is 0.320 e. The third-order valence-electron chi connectivity index (χ3n) is 4.78. The lowest BCUT2D eigenvalue weighted by atomic mass is 10.1. The Morgan fingerprint density at radius 2 is 2.04 bits per heavy atom. The lowest BCUT2D eigenvalue weighted by Gasteiger charge is -2.16. The average Bonchev–Trinajstić information content (AvgIpc) is 3.17. The number of pyridine rings is 1. The summed E-state index contributed by atoms with van der Waals surface area (Å²) in [6.45, 7) is 4.33. The van der Waals surface area contributed by atoms with Crippen LogP contribution in [0.5, 0.6) is 5.75 Å². The number of carboxylic acid groups (broad SMARTS) is 1. The number of fused-ring (bicyclic) bond motifs is 1. The van der Waals surface area contributed by atoms with Gasteiger partial charge in [-0.2, -0.15) is 0 Å². The third kappa shape index (κ3) is 3.55. The van der Waals surface area contributed by atoms with Crippen LogP contribution in [-0.2, 0) is 4.79 Å². The van der Waals surface area contributed by atoms with Crippen LogP contribution in [0.2, 0.25) is 0 Å². The zero-order chi connectivity index (χ0) is 18.8. The van der Waals surface area contributed by atoms with Gasteiger partial charge in [-0.25, -0.2) is 4.98 Å². The second-order valence-corrected chi connectivity index (χ2v) is 6.63. The number of hydrogen-bond acceptors (Lipinski definition) is 4. The van der Waals surface area contributed by atoms with Crippen LogP contribution in [0.3, 0.4) is 0 Å². The van der Waals surface area contributed by atoms with E-state index >= 15 is 0 Å². The van der Waals surface area contributed by atoms with Crippen LogP contribution >= 0.6 is 0 Å². The van der Waals surface area contributed by atoms with E-state index in [4.69, 9.17) is 9.72 Å². The van der Waals surface area contributed by atoms with Gasteiger partial charge in [-0.1, -0.05) is 49.1 Å². The van der Waals surface area contributed by atoms with E-state index in [1.807, 2.05) is 54.6 Å². The van der Waals surface area contributed by atoms with Crippen molar-refractivity contribution in [3.05, 3.63) is 66.7 Å². The largest absolute Gasteiger partial charge is 0.488 e. The first-order chi connectivity index (χ1) is 13.1. The van der Waals surface area contributed by atoms with Crippen molar-refractivity contribution in [2.45, 2.75) is 18.6 Å². The summed E-state index contributed by atoms with van der Waals surface area (Å²) in [4.78, 5) is 16.0. The van der Waals surface area contributed by atoms with Gasteiger partial charge in [0, 0.05) is 30.0 Å². The zero-order valence-corrected chi connectivity index (χ0v) is 14.8. The van der Waals surface area contributed by atoms with Gasteiger partial charge >= 0.3 is 5.97 Å². The molecule has 5 nitrogen and oxygen atoms in total. The van der Waals surface area contributed by atoms with E-state index in [1.165, 1.54) is 0 Å². The summed E-state index contributed by atoms with van der Waals surface area (Å²) in [6.07, 6.45) is 2.01. The summed E-state index contributed by atoms with van der Waals surface area (Å²) in [5, 5.41) is 13.1. The highest BCUT2D eigenvalue weighted by Crippen LogP contribution is 2.32. The maximum atomic E-state index is 11.2. The number of benzene rings is 2. The molecule has 0 unspecified atom stereocenters. The van der Waals surface area contributed by atoms with Gasteiger partial charge in [0.2, 0.25) is 0 Å². The van der Waals surface area contributed by atoms with Crippen LogP contribution in [-0.4, -0.2) is 34.8 Å². The molecule has 1 aliphatic rings. The van der Waals surface area contributed by atoms with Gasteiger partial charge in [0.25, 0.3) is 0 Å². The molecule has 1 aromatic heterocycles. The fraction of sp³-hybridized carbons (Fsp3) is 0.182. The molecule has 2 heterocycles. The van der Waals surface area contributed by atoms with Gasteiger partial charge in [0.05, 0.1) is 11.2 Å². The fourth-order valence-corrected chi connectivity index (χ4v) is 3.35. The Morgan fingerprint density at radius 3 is 2.74 bits per heavy atom. The molecule has 0 bridgehead atoms. The maximum absolute atomic E-state index is 11.2. The van der Waals surface area contributed by atoms with Gasteiger partial charge in [0.15, 0.2) is 0 Å². The Balaban J connectivity index is 1.76. The molecule has 0 spiro atoms. The van der Waals surface area contributed by atoms with Gasteiger partial charge in [-0.05, 0) is 17.7 Å². The van der Waals surface area contributed by atoms with E-state index in [0.717, 1.165) is 27.7 Å². The second kappa shape index (κ2) is 7.21. The van der Waals surface area contributed by atoms with Crippen molar-refractivity contribution in [2.75, 3.05) is 6.54 Å². The van der Waals surface area contributed by atoms with Crippen molar-refractivity contribution in [2.24, 2.45) is 0 Å². The fourth-order valence-electron chi connectivity index (χ4n) is 3.35. The molecule has 3 aromatic rings. The molecule has 0 amide bonds. The third-order valence-corrected chi connectivity index (χ3v) is 4.78. The summed E-state index contributed by atoms with van der Waals surface area (Å²) in [7, 11) is 0. The minimum atomic E-state index is -0.848. The average molecular weight is 360 g/mol. The Labute approximate surface area is 157 Å². The van der Waals surface area contributed by atoms with Crippen LogP contribution in [0, 0.1) is 0 Å². The number of aromatic nitrogens is 1. The van der Waals surface area contributed by atoms with Crippen molar-refractivity contribution in [3.63, 3.8) is 0 Å². The van der Waals surface area contributed by atoms with Crippen molar-refractivity contribution in [3.8, 4) is 17.0 Å². The van der Waals surface area contributed by atoms with Gasteiger partial charge < -0.3 is 15.2 Å². The number of aliphatic carboxylic acids is 1. The first-order valence-corrected chi connectivity index (χ1v) is 8.89. The highest BCUT2D eigenvalue weighted by atomic mass is 16.5. The predicted molar refractivity (Wildman–Crippen MR) is 106 cm³/mol. The Kier molecular flexibility index (Phi) is 4.60. The molecule has 1 fully saturated rings. The monoisotopic (exact) mass is 360 g/mol. The first kappa shape index (κ1) is 17.2. The molecule has 0 saturated carbocycles. The molecule has 27 heavy (non-hydrogen) atoms. The zero-order valence-electron chi connectivity index (χ0n) is 14.8. The molecule has 2 atom stereocenters. The summed E-state index contributed by atoms with van der Waals surface area (Å²) in [5.74, 6) is -0.139. The van der Waals surface area contributed by atoms with Crippen LogP contribution in [0.1, 0.15) is 12.0 Å². The minimum absolute atomic E-state index is 0.201. The molecule has 1 saturated heterocycles. The Hall–Kier alpha value is -3.18. The quantitative estimate of drug-likeness (QED) is 0.725. The first-order valence-electron chi connectivity index (χ1n) is 8.89. The van der Waals surface area contributed by atoms with Crippen LogP contribution in [0.4, 0.5) is 0 Å². The van der Waals surface area contributed by atoms with E-state index in [2.05, 4.69) is 11.9 Å². The molecule has 2 N–H and O–H groups in total. The maximum Gasteiger partial charge on any atom is 0.320 e. The molecule has 4 rings (SSSR count). The molecular formula is C22H20N2O3. The van der Waals surface area contributed by atoms with E-state index in [0.29, 0.717) is 18.7 Å². The van der Waals surface area contributed by atoms with Crippen LogP contribution in [0.15, 0.2) is 61.2 Å². The normalized spacial score (nSPS) is 19.1. The van der Waals surface area contributed by atoms with Crippen molar-refractivity contribution in [1.29, 1.82) is 0 Å². The molecule has 1 aliphatic heterocycles. The molecular weight excluding hydrogens is 340 g/mol. The van der Waals surface area contributed by atoms with E-state index < -0.39 is 12.0 Å². The SMILES string of the molecule is C=Cc1ccc2nc(-c3ccccc3)cc(O[C@H]3CN[C@H](C(=O)O)C3)c2c1. The predicted octanol–water partition coefficient (Wildman–Crippen LogP) is 3.74. The Bertz CT molecular complexity index is 1000. The van der Waals surface area contributed by atoms with Crippen molar-refractivity contribution < 1.29 is 14.6 Å². The highest BCUT2D eigenvalue weighted by molar-refractivity contribution is 5.89. The number of nitrogens with zero attached hydrogens (tertiary/aromatic N) is 1. The van der Waals surface area contributed by atoms with Crippen LogP contribution < -0.4 is 10.1 Å². The number of carboxylic acids is 1. The van der Waals surface area contributed by atoms with E-state index in [9.17, 15) is 9.90 Å². The summed E-state index contributed by atoms with van der Waals surface area (Å²) >= 11 is 0. The summed E-state index contributed by atoms with van der Waals surface area (Å²) in [5.41, 5.74) is 3.64. The van der Waals surface area contributed by atoms with E-state index in [-0.39, 0.29) is 6.10 Å². The number of rotatable bonds is 5. The van der Waals surface area contributed by atoms with Gasteiger partial charge in [0.1, 0.15) is 17.9 Å². The lowest BCUT2D eigenvalue weighted by Crippen LogP contribution is -2.30. The molecule has 136 valence electrons. The van der Waals surface area contributed by atoms with Gasteiger partial charge in [-0.3, -0.25) is 4.79 Å². The summed E-state index contributed by atoms with van der Waals surface area (Å²) in [6, 6.07) is 17.2. The molecule has 5 heteroatoms.